The summed E-state index contributed by atoms with van der Waals surface area (Å²) in [5.74, 6) is 1.27. The number of rotatable bonds is 5. The zero-order valence-corrected chi connectivity index (χ0v) is 13.2. The standard InChI is InChI=1S/C16H22ClF2NO/c1-10(2)12-5-3-4-6-14(12)20-11-7-8-15(13(17)9-11)21-16(18)19/h7-10,12,14,16,20H,3-6H2,1-2H3. The number of benzene rings is 1. The van der Waals surface area contributed by atoms with E-state index >= 15 is 0 Å². The summed E-state index contributed by atoms with van der Waals surface area (Å²) in [5.41, 5.74) is 0.860. The molecule has 1 N–H and O–H groups in total. The van der Waals surface area contributed by atoms with E-state index in [1.165, 1.54) is 25.3 Å². The molecule has 1 fully saturated rings. The summed E-state index contributed by atoms with van der Waals surface area (Å²) >= 11 is 5.99. The van der Waals surface area contributed by atoms with Gasteiger partial charge in [0.25, 0.3) is 0 Å². The SMILES string of the molecule is CC(C)C1CCCCC1Nc1ccc(OC(F)F)c(Cl)c1. The lowest BCUT2D eigenvalue weighted by Gasteiger charge is -2.35. The fourth-order valence-corrected chi connectivity index (χ4v) is 3.36. The van der Waals surface area contributed by atoms with E-state index in [0.717, 1.165) is 12.1 Å². The van der Waals surface area contributed by atoms with Gasteiger partial charge < -0.3 is 10.1 Å². The van der Waals surface area contributed by atoms with E-state index in [1.807, 2.05) is 0 Å². The number of halogens is 3. The second kappa shape index (κ2) is 7.30. The van der Waals surface area contributed by atoms with Gasteiger partial charge in [-0.2, -0.15) is 8.78 Å². The first-order chi connectivity index (χ1) is 9.97. The lowest BCUT2D eigenvalue weighted by Crippen LogP contribution is -2.35. The lowest BCUT2D eigenvalue weighted by atomic mass is 9.78. The van der Waals surface area contributed by atoms with Gasteiger partial charge in [-0.05, 0) is 42.9 Å². The van der Waals surface area contributed by atoms with Crippen LogP contribution in [0.25, 0.3) is 0 Å². The Kier molecular flexibility index (Phi) is 5.68. The molecule has 0 saturated heterocycles. The van der Waals surface area contributed by atoms with Crippen LogP contribution in [0.4, 0.5) is 14.5 Å². The van der Waals surface area contributed by atoms with Crippen LogP contribution in [0.3, 0.4) is 0 Å². The van der Waals surface area contributed by atoms with Gasteiger partial charge in [-0.15, -0.1) is 0 Å². The average molecular weight is 318 g/mol. The summed E-state index contributed by atoms with van der Waals surface area (Å²) in [6, 6.07) is 5.31. The number of anilines is 1. The smallest absolute Gasteiger partial charge is 0.387 e. The van der Waals surface area contributed by atoms with Crippen LogP contribution in [0.5, 0.6) is 5.75 Å². The Balaban J connectivity index is 2.06. The molecule has 0 aliphatic heterocycles. The highest BCUT2D eigenvalue weighted by molar-refractivity contribution is 6.32. The van der Waals surface area contributed by atoms with Gasteiger partial charge in [0.05, 0.1) is 5.02 Å². The minimum absolute atomic E-state index is 0.0151. The second-order valence-corrected chi connectivity index (χ2v) is 6.37. The maximum atomic E-state index is 12.2. The van der Waals surface area contributed by atoms with Crippen molar-refractivity contribution in [3.05, 3.63) is 23.2 Å². The van der Waals surface area contributed by atoms with Crippen LogP contribution in [0, 0.1) is 11.8 Å². The molecule has 2 atom stereocenters. The van der Waals surface area contributed by atoms with E-state index in [9.17, 15) is 8.78 Å². The van der Waals surface area contributed by atoms with Gasteiger partial charge in [0.2, 0.25) is 0 Å². The van der Waals surface area contributed by atoms with Gasteiger partial charge in [-0.1, -0.05) is 38.3 Å². The van der Waals surface area contributed by atoms with E-state index < -0.39 is 6.61 Å². The lowest BCUT2D eigenvalue weighted by molar-refractivity contribution is -0.0497. The van der Waals surface area contributed by atoms with E-state index in [1.54, 1.807) is 12.1 Å². The van der Waals surface area contributed by atoms with Gasteiger partial charge >= 0.3 is 6.61 Å². The quantitative estimate of drug-likeness (QED) is 0.766. The van der Waals surface area contributed by atoms with Crippen molar-refractivity contribution >= 4 is 17.3 Å². The molecule has 21 heavy (non-hydrogen) atoms. The molecule has 0 spiro atoms. The van der Waals surface area contributed by atoms with Crippen molar-refractivity contribution in [1.29, 1.82) is 0 Å². The number of alkyl halides is 2. The van der Waals surface area contributed by atoms with Crippen molar-refractivity contribution in [2.75, 3.05) is 5.32 Å². The summed E-state index contributed by atoms with van der Waals surface area (Å²) in [4.78, 5) is 0. The molecule has 1 aliphatic rings. The van der Waals surface area contributed by atoms with Crippen molar-refractivity contribution in [2.24, 2.45) is 11.8 Å². The fraction of sp³-hybridized carbons (Fsp3) is 0.625. The summed E-state index contributed by atoms with van der Waals surface area (Å²) in [6.07, 6.45) is 4.87. The highest BCUT2D eigenvalue weighted by Gasteiger charge is 2.27. The first-order valence-corrected chi connectivity index (χ1v) is 7.86. The first kappa shape index (κ1) is 16.3. The molecular formula is C16H22ClF2NO. The molecule has 2 unspecified atom stereocenters. The summed E-state index contributed by atoms with van der Waals surface area (Å²) < 4.78 is 28.8. The molecule has 0 amide bonds. The fourth-order valence-electron chi connectivity index (χ4n) is 3.13. The maximum Gasteiger partial charge on any atom is 0.387 e. The average Bonchev–Trinajstić information content (AvgIpc) is 2.42. The normalized spacial score (nSPS) is 22.6. The Morgan fingerprint density at radius 2 is 1.95 bits per heavy atom. The van der Waals surface area contributed by atoms with Crippen LogP contribution < -0.4 is 10.1 Å². The molecule has 1 aromatic carbocycles. The molecule has 1 aromatic rings. The minimum Gasteiger partial charge on any atom is -0.433 e. The predicted molar refractivity (Wildman–Crippen MR) is 82.3 cm³/mol. The molecule has 0 radical (unpaired) electrons. The van der Waals surface area contributed by atoms with Crippen molar-refractivity contribution in [1.82, 2.24) is 0 Å². The largest absolute Gasteiger partial charge is 0.433 e. The van der Waals surface area contributed by atoms with Gasteiger partial charge in [0.1, 0.15) is 5.75 Å². The second-order valence-electron chi connectivity index (χ2n) is 5.97. The van der Waals surface area contributed by atoms with E-state index in [2.05, 4.69) is 23.9 Å². The van der Waals surface area contributed by atoms with Crippen LogP contribution in [-0.2, 0) is 0 Å². The minimum atomic E-state index is -2.86. The molecule has 5 heteroatoms. The van der Waals surface area contributed by atoms with Crippen LogP contribution in [0.2, 0.25) is 5.02 Å². The highest BCUT2D eigenvalue weighted by atomic mass is 35.5. The molecule has 2 rings (SSSR count). The maximum absolute atomic E-state index is 12.2. The highest BCUT2D eigenvalue weighted by Crippen LogP contribution is 2.34. The Bertz CT molecular complexity index is 468. The van der Waals surface area contributed by atoms with Gasteiger partial charge in [0, 0.05) is 11.7 Å². The Labute approximate surface area is 129 Å². The topological polar surface area (TPSA) is 21.3 Å². The summed E-state index contributed by atoms with van der Waals surface area (Å²) in [7, 11) is 0. The third kappa shape index (κ3) is 4.47. The van der Waals surface area contributed by atoms with Crippen molar-refractivity contribution in [3.8, 4) is 5.75 Å². The monoisotopic (exact) mass is 317 g/mol. The van der Waals surface area contributed by atoms with Gasteiger partial charge in [-0.25, -0.2) is 0 Å². The Morgan fingerprint density at radius 1 is 1.24 bits per heavy atom. The Hall–Kier alpha value is -1.03. The zero-order valence-electron chi connectivity index (χ0n) is 12.4. The summed E-state index contributed by atoms with van der Waals surface area (Å²) in [5, 5.41) is 3.71. The number of nitrogens with one attached hydrogen (secondary N) is 1. The van der Waals surface area contributed by atoms with E-state index in [4.69, 9.17) is 11.6 Å². The molecule has 0 heterocycles. The molecule has 0 aromatic heterocycles. The number of ether oxygens (including phenoxy) is 1. The molecule has 118 valence electrons. The van der Waals surface area contributed by atoms with Crippen molar-refractivity contribution in [2.45, 2.75) is 52.2 Å². The van der Waals surface area contributed by atoms with Gasteiger partial charge in [0.15, 0.2) is 0 Å². The Morgan fingerprint density at radius 3 is 2.57 bits per heavy atom. The third-order valence-corrected chi connectivity index (χ3v) is 4.47. The number of hydrogen-bond donors (Lipinski definition) is 1. The van der Waals surface area contributed by atoms with Crippen molar-refractivity contribution in [3.63, 3.8) is 0 Å². The first-order valence-electron chi connectivity index (χ1n) is 7.48. The van der Waals surface area contributed by atoms with Crippen LogP contribution in [0.15, 0.2) is 18.2 Å². The molecule has 0 bridgehead atoms. The zero-order chi connectivity index (χ0) is 15.4. The van der Waals surface area contributed by atoms with Gasteiger partial charge in [-0.3, -0.25) is 0 Å². The van der Waals surface area contributed by atoms with Crippen LogP contribution in [0.1, 0.15) is 39.5 Å². The molecule has 1 saturated carbocycles. The predicted octanol–water partition coefficient (Wildman–Crippen LogP) is 5.57. The van der Waals surface area contributed by atoms with E-state index in [-0.39, 0.29) is 10.8 Å². The molecule has 2 nitrogen and oxygen atoms in total. The van der Waals surface area contributed by atoms with Crippen LogP contribution in [-0.4, -0.2) is 12.7 Å². The molecule has 1 aliphatic carbocycles. The third-order valence-electron chi connectivity index (χ3n) is 4.18. The van der Waals surface area contributed by atoms with Crippen LogP contribution >= 0.6 is 11.6 Å². The summed E-state index contributed by atoms with van der Waals surface area (Å²) in [6.45, 7) is 1.64. The van der Waals surface area contributed by atoms with Crippen molar-refractivity contribution < 1.29 is 13.5 Å². The number of hydrogen-bond acceptors (Lipinski definition) is 2. The molecular weight excluding hydrogens is 296 g/mol. The van der Waals surface area contributed by atoms with E-state index in [0.29, 0.717) is 17.9 Å².